The van der Waals surface area contributed by atoms with Crippen LogP contribution in [0.25, 0.3) is 0 Å². The van der Waals surface area contributed by atoms with Gasteiger partial charge in [-0.1, -0.05) is 0 Å². The molecule has 0 aliphatic carbocycles. The van der Waals surface area contributed by atoms with Crippen LogP contribution in [-0.4, -0.2) is 11.2 Å². The fraction of sp³-hybridized carbons (Fsp3) is 0.400. The first kappa shape index (κ1) is 10.9. The highest BCUT2D eigenvalue weighted by Gasteiger charge is 2.15. The zero-order valence-corrected chi connectivity index (χ0v) is 8.05. The topological polar surface area (TPSA) is 29.5 Å². The molecule has 0 unspecified atom stereocenters. The number of halogens is 2. The number of hydrogen-bond donors (Lipinski definition) is 1. The summed E-state index contributed by atoms with van der Waals surface area (Å²) in [6.07, 6.45) is -0.267. The van der Waals surface area contributed by atoms with Crippen LogP contribution >= 0.6 is 0 Å². The van der Waals surface area contributed by atoms with Gasteiger partial charge in [0.15, 0.2) is 11.6 Å². The van der Waals surface area contributed by atoms with E-state index in [0.29, 0.717) is 0 Å². The monoisotopic (exact) mass is 202 g/mol. The molecule has 0 aliphatic heterocycles. The lowest BCUT2D eigenvalue weighted by Crippen LogP contribution is -2.10. The molecule has 1 aromatic carbocycles. The molecule has 0 spiro atoms. The van der Waals surface area contributed by atoms with Crippen molar-refractivity contribution in [1.82, 2.24) is 0 Å². The number of aliphatic hydroxyl groups excluding tert-OH is 1. The van der Waals surface area contributed by atoms with Crippen molar-refractivity contribution in [2.75, 3.05) is 0 Å². The lowest BCUT2D eigenvalue weighted by Gasteiger charge is -2.14. The maximum atomic E-state index is 13.2. The summed E-state index contributed by atoms with van der Waals surface area (Å²) in [4.78, 5) is 0. The van der Waals surface area contributed by atoms with Crippen LogP contribution in [0.2, 0.25) is 0 Å². The van der Waals surface area contributed by atoms with Gasteiger partial charge in [0, 0.05) is 5.56 Å². The number of rotatable bonds is 3. The second-order valence-electron chi connectivity index (χ2n) is 3.17. The normalized spacial score (nSPS) is 10.7. The van der Waals surface area contributed by atoms with E-state index in [9.17, 15) is 8.78 Å². The minimum atomic E-state index is -1.05. The van der Waals surface area contributed by atoms with E-state index < -0.39 is 11.6 Å². The van der Waals surface area contributed by atoms with Crippen molar-refractivity contribution in [2.24, 2.45) is 0 Å². The highest BCUT2D eigenvalue weighted by Crippen LogP contribution is 2.26. The van der Waals surface area contributed by atoms with Gasteiger partial charge in [0.2, 0.25) is 5.82 Å². The molecule has 78 valence electrons. The molecule has 1 rings (SSSR count). The van der Waals surface area contributed by atoms with Crippen molar-refractivity contribution < 1.29 is 18.6 Å². The average Bonchev–Trinajstić information content (AvgIpc) is 2.13. The quantitative estimate of drug-likeness (QED) is 0.814. The summed E-state index contributed by atoms with van der Waals surface area (Å²) in [5.41, 5.74) is 0.248. The molecule has 0 aliphatic rings. The molecule has 0 bridgehead atoms. The lowest BCUT2D eigenvalue weighted by atomic mass is 10.2. The average molecular weight is 202 g/mol. The molecule has 4 heteroatoms. The maximum absolute atomic E-state index is 13.2. The van der Waals surface area contributed by atoms with Crippen LogP contribution in [0.5, 0.6) is 5.75 Å². The third-order valence-electron chi connectivity index (χ3n) is 1.66. The summed E-state index contributed by atoms with van der Waals surface area (Å²) in [6.45, 7) is 3.02. The summed E-state index contributed by atoms with van der Waals surface area (Å²) in [7, 11) is 0. The lowest BCUT2D eigenvalue weighted by molar-refractivity contribution is 0.212. The molecular formula is C10H12F2O2. The highest BCUT2D eigenvalue weighted by atomic mass is 19.2. The van der Waals surface area contributed by atoms with Crippen LogP contribution in [0, 0.1) is 11.6 Å². The van der Waals surface area contributed by atoms with Crippen LogP contribution in [-0.2, 0) is 6.61 Å². The Balaban J connectivity index is 3.14. The van der Waals surface area contributed by atoms with E-state index in [1.165, 1.54) is 6.07 Å². The van der Waals surface area contributed by atoms with Crippen molar-refractivity contribution in [3.63, 3.8) is 0 Å². The van der Waals surface area contributed by atoms with Crippen LogP contribution in [0.4, 0.5) is 8.78 Å². The Morgan fingerprint density at radius 2 is 2.00 bits per heavy atom. The highest BCUT2D eigenvalue weighted by molar-refractivity contribution is 5.35. The van der Waals surface area contributed by atoms with Crippen LogP contribution in [0.3, 0.4) is 0 Å². The number of ether oxygens (including phenoxy) is 1. The Kier molecular flexibility index (Phi) is 3.41. The van der Waals surface area contributed by atoms with Crippen molar-refractivity contribution in [3.05, 3.63) is 29.3 Å². The Morgan fingerprint density at radius 1 is 1.36 bits per heavy atom. The van der Waals surface area contributed by atoms with E-state index in [1.807, 2.05) is 0 Å². The van der Waals surface area contributed by atoms with Crippen LogP contribution in [0.15, 0.2) is 12.1 Å². The summed E-state index contributed by atoms with van der Waals surface area (Å²) in [6, 6.07) is 2.27. The molecule has 2 nitrogen and oxygen atoms in total. The Morgan fingerprint density at radius 3 is 2.50 bits per heavy atom. The van der Waals surface area contributed by atoms with Crippen LogP contribution in [0.1, 0.15) is 19.4 Å². The van der Waals surface area contributed by atoms with Gasteiger partial charge in [0.1, 0.15) is 0 Å². The van der Waals surface area contributed by atoms with Crippen LogP contribution < -0.4 is 4.74 Å². The predicted octanol–water partition coefficient (Wildman–Crippen LogP) is 2.24. The van der Waals surface area contributed by atoms with E-state index in [1.54, 1.807) is 13.8 Å². The summed E-state index contributed by atoms with van der Waals surface area (Å²) >= 11 is 0. The number of hydrogen-bond acceptors (Lipinski definition) is 2. The first-order valence-electron chi connectivity index (χ1n) is 4.30. The van der Waals surface area contributed by atoms with Gasteiger partial charge in [-0.3, -0.25) is 0 Å². The van der Waals surface area contributed by atoms with Gasteiger partial charge in [-0.2, -0.15) is 4.39 Å². The molecule has 1 N–H and O–H groups in total. The zero-order chi connectivity index (χ0) is 10.7. The van der Waals surface area contributed by atoms with E-state index in [2.05, 4.69) is 0 Å². The molecule has 0 saturated carbocycles. The zero-order valence-electron chi connectivity index (χ0n) is 8.05. The smallest absolute Gasteiger partial charge is 0.200 e. The Bertz CT molecular complexity index is 324. The van der Waals surface area contributed by atoms with E-state index >= 15 is 0 Å². The summed E-state index contributed by atoms with van der Waals surface area (Å²) < 4.78 is 31.1. The maximum Gasteiger partial charge on any atom is 0.200 e. The van der Waals surface area contributed by atoms with Gasteiger partial charge in [0.05, 0.1) is 12.7 Å². The molecule has 0 atom stereocenters. The largest absolute Gasteiger partial charge is 0.487 e. The molecule has 0 saturated heterocycles. The second kappa shape index (κ2) is 4.37. The molecule has 1 aromatic rings. The molecule has 0 amide bonds. The second-order valence-corrected chi connectivity index (χ2v) is 3.17. The minimum Gasteiger partial charge on any atom is -0.487 e. The van der Waals surface area contributed by atoms with Crippen molar-refractivity contribution in [1.29, 1.82) is 0 Å². The first-order chi connectivity index (χ1) is 6.56. The molecule has 0 heterocycles. The van der Waals surface area contributed by atoms with Gasteiger partial charge in [-0.15, -0.1) is 0 Å². The van der Waals surface area contributed by atoms with Gasteiger partial charge < -0.3 is 9.84 Å². The van der Waals surface area contributed by atoms with Crippen molar-refractivity contribution >= 4 is 0 Å². The molecule has 14 heavy (non-hydrogen) atoms. The van der Waals surface area contributed by atoms with Crippen molar-refractivity contribution in [3.8, 4) is 5.75 Å². The summed E-state index contributed by atoms with van der Waals surface area (Å²) in [5, 5.41) is 8.88. The fourth-order valence-electron chi connectivity index (χ4n) is 1.06. The minimum absolute atomic E-state index is 0.206. The number of aliphatic hydroxyl groups is 1. The molecular weight excluding hydrogens is 190 g/mol. The fourth-order valence-corrected chi connectivity index (χ4v) is 1.06. The Labute approximate surface area is 81.1 Å². The van der Waals surface area contributed by atoms with Gasteiger partial charge in [-0.25, -0.2) is 4.39 Å². The molecule has 0 fully saturated rings. The summed E-state index contributed by atoms with van der Waals surface area (Å²) in [5.74, 6) is -2.23. The van der Waals surface area contributed by atoms with E-state index in [0.717, 1.165) is 6.07 Å². The van der Waals surface area contributed by atoms with Crippen molar-refractivity contribution in [2.45, 2.75) is 26.6 Å². The van der Waals surface area contributed by atoms with Gasteiger partial charge >= 0.3 is 0 Å². The molecule has 0 radical (unpaired) electrons. The SMILES string of the molecule is CC(C)Oc1c(CO)ccc(F)c1F. The number of benzene rings is 1. The van der Waals surface area contributed by atoms with Gasteiger partial charge in [0.25, 0.3) is 0 Å². The first-order valence-corrected chi connectivity index (χ1v) is 4.30. The van der Waals surface area contributed by atoms with Gasteiger partial charge in [-0.05, 0) is 26.0 Å². The Hall–Kier alpha value is -1.16. The predicted molar refractivity (Wildman–Crippen MR) is 48.0 cm³/mol. The standard InChI is InChI=1S/C10H12F2O2/c1-6(2)14-10-7(5-13)3-4-8(11)9(10)12/h3-4,6,13H,5H2,1-2H3. The van der Waals surface area contributed by atoms with E-state index in [-0.39, 0.29) is 24.0 Å². The third-order valence-corrected chi connectivity index (χ3v) is 1.66. The molecule has 0 aromatic heterocycles. The van der Waals surface area contributed by atoms with E-state index in [4.69, 9.17) is 9.84 Å². The third kappa shape index (κ3) is 2.20.